The molecule has 2 heterocycles. The first-order valence-electron chi connectivity index (χ1n) is 8.29. The minimum absolute atomic E-state index is 0.459. The molecule has 0 bridgehead atoms. The zero-order valence-electron chi connectivity index (χ0n) is 14.4. The molecule has 4 nitrogen and oxygen atoms in total. The van der Waals surface area contributed by atoms with E-state index in [1.54, 1.807) is 18.3 Å². The second kappa shape index (κ2) is 8.54. The quantitative estimate of drug-likeness (QED) is 0.543. The molecule has 1 aromatic carbocycles. The zero-order chi connectivity index (χ0) is 18.4. The molecular formula is C20H20ClFN4. The molecule has 0 radical (unpaired) electrons. The fraction of sp³-hybridized carbons (Fsp3) is 0.150. The normalized spacial score (nSPS) is 10.4. The molecule has 0 saturated carbocycles. The van der Waals surface area contributed by atoms with Gasteiger partial charge in [-0.05, 0) is 47.9 Å². The third-order valence-electron chi connectivity index (χ3n) is 4.06. The Kier molecular flexibility index (Phi) is 5.92. The lowest BCUT2D eigenvalue weighted by Crippen LogP contribution is -2.04. The number of H-pyrrole nitrogens is 2. The highest BCUT2D eigenvalue weighted by Gasteiger charge is 2.08. The number of halogens is 2. The monoisotopic (exact) mass is 370 g/mol. The summed E-state index contributed by atoms with van der Waals surface area (Å²) in [5.74, 6) is 0.0354. The number of hydrogen-bond acceptors (Lipinski definition) is 2. The van der Waals surface area contributed by atoms with Crippen LogP contribution in [0.3, 0.4) is 0 Å². The van der Waals surface area contributed by atoms with E-state index in [1.165, 1.54) is 0 Å². The van der Waals surface area contributed by atoms with E-state index >= 15 is 0 Å². The molecule has 3 N–H and O–H groups in total. The minimum atomic E-state index is -0.467. The van der Waals surface area contributed by atoms with Crippen LogP contribution in [0.25, 0.3) is 0 Å². The van der Waals surface area contributed by atoms with E-state index in [0.717, 1.165) is 16.7 Å². The van der Waals surface area contributed by atoms with Crippen LogP contribution in [0, 0.1) is 12.9 Å². The van der Waals surface area contributed by atoms with Crippen LogP contribution in [0.1, 0.15) is 22.3 Å². The number of aryl methyl sites for hydroxylation is 1. The van der Waals surface area contributed by atoms with Gasteiger partial charge in [0.15, 0.2) is 0 Å². The van der Waals surface area contributed by atoms with Gasteiger partial charge in [0, 0.05) is 35.9 Å². The van der Waals surface area contributed by atoms with Crippen LogP contribution < -0.4 is 5.32 Å². The van der Waals surface area contributed by atoms with E-state index < -0.39 is 5.95 Å². The maximum Gasteiger partial charge on any atom is 0.218 e. The van der Waals surface area contributed by atoms with Gasteiger partial charge in [-0.3, -0.25) is 0 Å². The molecule has 0 aliphatic heterocycles. The Balaban J connectivity index is 1.72. The number of nitrogens with one attached hydrogen (secondary N) is 3. The van der Waals surface area contributed by atoms with Crippen molar-refractivity contribution < 1.29 is 4.39 Å². The molecule has 0 unspecified atom stereocenters. The Labute approximate surface area is 156 Å². The minimum Gasteiger partial charge on any atom is -0.366 e. The fourth-order valence-electron chi connectivity index (χ4n) is 2.52. The Hall–Kier alpha value is -2.79. The lowest BCUT2D eigenvalue weighted by Gasteiger charge is -2.09. The van der Waals surface area contributed by atoms with Gasteiger partial charge in [0.2, 0.25) is 5.95 Å². The molecule has 0 aliphatic rings. The van der Waals surface area contributed by atoms with E-state index in [2.05, 4.69) is 20.5 Å². The molecule has 0 atom stereocenters. The average Bonchev–Trinajstić information content (AvgIpc) is 2.62. The van der Waals surface area contributed by atoms with Gasteiger partial charge in [-0.25, -0.2) is 4.98 Å². The van der Waals surface area contributed by atoms with Gasteiger partial charge in [0.25, 0.3) is 0 Å². The summed E-state index contributed by atoms with van der Waals surface area (Å²) >= 11 is 5.87. The topological polar surface area (TPSA) is 56.5 Å². The molecule has 0 spiro atoms. The van der Waals surface area contributed by atoms with Crippen molar-refractivity contribution in [2.45, 2.75) is 19.9 Å². The molecule has 0 fully saturated rings. The summed E-state index contributed by atoms with van der Waals surface area (Å²) in [4.78, 5) is 4.04. The Morgan fingerprint density at radius 1 is 1.04 bits per heavy atom. The van der Waals surface area contributed by atoms with Gasteiger partial charge >= 0.3 is 0 Å². The largest absolute Gasteiger partial charge is 0.366 e. The first-order chi connectivity index (χ1) is 12.6. The molecule has 134 valence electrons. The van der Waals surface area contributed by atoms with Gasteiger partial charge in [0.05, 0.1) is 0 Å². The van der Waals surface area contributed by atoms with Crippen LogP contribution in [0.5, 0.6) is 0 Å². The van der Waals surface area contributed by atoms with Gasteiger partial charge in [-0.15, -0.1) is 0 Å². The molecule has 6 heteroatoms. The smallest absolute Gasteiger partial charge is 0.218 e. The molecule has 3 aromatic rings. The van der Waals surface area contributed by atoms with E-state index in [4.69, 9.17) is 11.6 Å². The van der Waals surface area contributed by atoms with Crippen molar-refractivity contribution in [2.24, 2.45) is 0 Å². The molecule has 0 saturated heterocycles. The van der Waals surface area contributed by atoms with Crippen molar-refractivity contribution in [1.29, 1.82) is 0 Å². The van der Waals surface area contributed by atoms with Crippen molar-refractivity contribution in [1.82, 2.24) is 15.2 Å². The summed E-state index contributed by atoms with van der Waals surface area (Å²) in [6.07, 6.45) is 4.09. The van der Waals surface area contributed by atoms with Crippen molar-refractivity contribution >= 4 is 17.4 Å². The van der Waals surface area contributed by atoms with Gasteiger partial charge in [-0.1, -0.05) is 35.9 Å². The van der Waals surface area contributed by atoms with Crippen molar-refractivity contribution in [3.05, 3.63) is 94.1 Å². The van der Waals surface area contributed by atoms with Crippen molar-refractivity contribution in [2.75, 3.05) is 5.32 Å². The van der Waals surface area contributed by atoms with Crippen LogP contribution >= 0.6 is 11.6 Å². The summed E-state index contributed by atoms with van der Waals surface area (Å²) < 4.78 is 14.4. The molecule has 2 aromatic heterocycles. The molecule has 26 heavy (non-hydrogen) atoms. The summed E-state index contributed by atoms with van der Waals surface area (Å²) in [5, 5.41) is 9.68. The van der Waals surface area contributed by atoms with E-state index in [-0.39, 0.29) is 0 Å². The average molecular weight is 371 g/mol. The maximum atomic E-state index is 14.4. The highest BCUT2D eigenvalue weighted by atomic mass is 35.5. The number of anilines is 1. The summed E-state index contributed by atoms with van der Waals surface area (Å²) in [5.41, 5.74) is 3.66. The summed E-state index contributed by atoms with van der Waals surface area (Å²) in [7, 11) is 0. The van der Waals surface area contributed by atoms with E-state index in [0.29, 0.717) is 29.4 Å². The highest BCUT2D eigenvalue weighted by Crippen LogP contribution is 2.17. The van der Waals surface area contributed by atoms with Crippen LogP contribution in [-0.4, -0.2) is 15.2 Å². The first kappa shape index (κ1) is 18.0. The molecule has 0 aliphatic carbocycles. The number of aromatic nitrogens is 3. The maximum absolute atomic E-state index is 14.4. The Bertz CT molecular complexity index is 914. The number of pyridine rings is 1. The standard InChI is InChI=1S/C20H20ClFN4/c1-14-3-2-10-24-25-13-17(14)11-16-6-9-19(26-20(16)22)23-12-15-4-7-18(21)8-5-15/h2-10,13,24-25H,11-12H2,1H3,(H,23,26). The number of benzene rings is 1. The lowest BCUT2D eigenvalue weighted by atomic mass is 10.0. The van der Waals surface area contributed by atoms with Gasteiger partial charge < -0.3 is 15.5 Å². The van der Waals surface area contributed by atoms with Crippen LogP contribution in [0.4, 0.5) is 10.2 Å². The lowest BCUT2D eigenvalue weighted by molar-refractivity contribution is 0.571. The number of nitrogens with zero attached hydrogens (tertiary/aromatic N) is 1. The fourth-order valence-corrected chi connectivity index (χ4v) is 2.65. The second-order valence-electron chi connectivity index (χ2n) is 5.97. The van der Waals surface area contributed by atoms with Gasteiger partial charge in [-0.2, -0.15) is 4.39 Å². The second-order valence-corrected chi connectivity index (χ2v) is 6.41. The SMILES string of the molecule is Cc1ccc[nH][nH]cc1Cc1ccc(NCc2ccc(Cl)cc2)nc1F. The summed E-state index contributed by atoms with van der Waals surface area (Å²) in [6, 6.07) is 14.9. The Morgan fingerprint density at radius 3 is 2.62 bits per heavy atom. The number of hydrogen-bond donors (Lipinski definition) is 3. The highest BCUT2D eigenvalue weighted by molar-refractivity contribution is 6.30. The van der Waals surface area contributed by atoms with Crippen LogP contribution in [0.15, 0.2) is 60.9 Å². The summed E-state index contributed by atoms with van der Waals surface area (Å²) in [6.45, 7) is 2.55. The van der Waals surface area contributed by atoms with Crippen LogP contribution in [0.2, 0.25) is 5.02 Å². The van der Waals surface area contributed by atoms with Crippen molar-refractivity contribution in [3.8, 4) is 0 Å². The number of rotatable bonds is 5. The van der Waals surface area contributed by atoms with Gasteiger partial charge in [0.1, 0.15) is 5.82 Å². The molecule has 3 rings (SSSR count). The Morgan fingerprint density at radius 2 is 1.85 bits per heavy atom. The van der Waals surface area contributed by atoms with E-state index in [9.17, 15) is 4.39 Å². The third kappa shape index (κ3) is 4.86. The van der Waals surface area contributed by atoms with Crippen molar-refractivity contribution in [3.63, 3.8) is 0 Å². The third-order valence-corrected chi connectivity index (χ3v) is 4.31. The predicted molar refractivity (Wildman–Crippen MR) is 103 cm³/mol. The van der Waals surface area contributed by atoms with Crippen LogP contribution in [-0.2, 0) is 13.0 Å². The molecular weight excluding hydrogens is 351 g/mol. The van der Waals surface area contributed by atoms with E-state index in [1.807, 2.05) is 49.5 Å². The predicted octanol–water partition coefficient (Wildman–Crippen LogP) is 5.17. The first-order valence-corrected chi connectivity index (χ1v) is 8.67. The molecule has 0 amide bonds. The number of aromatic amines is 2. The zero-order valence-corrected chi connectivity index (χ0v) is 15.1.